The Morgan fingerprint density at radius 2 is 2.09 bits per heavy atom. The minimum absolute atomic E-state index is 0.103. The zero-order valence-electron chi connectivity index (χ0n) is 17.0. The third kappa shape index (κ3) is 2.94. The van der Waals surface area contributed by atoms with Crippen LogP contribution in [0.5, 0.6) is 0 Å². The van der Waals surface area contributed by atoms with Gasteiger partial charge < -0.3 is 14.3 Å². The number of para-hydroxylation sites is 1. The molecule has 32 heavy (non-hydrogen) atoms. The number of benzene rings is 1. The molecule has 4 aromatic heterocycles. The van der Waals surface area contributed by atoms with E-state index in [1.54, 1.807) is 41.5 Å². The van der Waals surface area contributed by atoms with Gasteiger partial charge in [0.1, 0.15) is 6.04 Å². The standard InChI is InChI=1S/C21H17N9O2/c1-29-10-13(9-25-29)19-27-28-20(32-19)21(31)30-7-6-15-16(24-11-23-15)17(30)18-22-8-12-4-2-3-5-14(12)26-18/h2-5,8-11,17H,6-7H2,1H3,(H,23,24)/t17-/m0/s1. The molecule has 1 atom stereocenters. The van der Waals surface area contributed by atoms with E-state index in [4.69, 9.17) is 9.40 Å². The van der Waals surface area contributed by atoms with Crippen molar-refractivity contribution < 1.29 is 9.21 Å². The molecule has 1 N–H and O–H groups in total. The van der Waals surface area contributed by atoms with Gasteiger partial charge in [-0.3, -0.25) is 9.48 Å². The number of nitrogens with zero attached hydrogens (tertiary/aromatic N) is 8. The van der Waals surface area contributed by atoms with Gasteiger partial charge in [0.25, 0.3) is 5.89 Å². The Labute approximate surface area is 181 Å². The van der Waals surface area contributed by atoms with Gasteiger partial charge in [-0.15, -0.1) is 10.2 Å². The van der Waals surface area contributed by atoms with Crippen LogP contribution in [0.1, 0.15) is 33.9 Å². The van der Waals surface area contributed by atoms with Crippen molar-refractivity contribution in [3.8, 4) is 11.5 Å². The van der Waals surface area contributed by atoms with Crippen LogP contribution in [0.3, 0.4) is 0 Å². The van der Waals surface area contributed by atoms with Gasteiger partial charge in [-0.05, 0) is 6.07 Å². The SMILES string of the molecule is Cn1cc(-c2nnc(C(=O)N3CCc4[nH]cnc4[C@H]3c3ncc4ccccc4n3)o2)cn1. The highest BCUT2D eigenvalue weighted by Gasteiger charge is 2.38. The second kappa shape index (κ2) is 7.08. The molecule has 0 saturated heterocycles. The number of fused-ring (bicyclic) bond motifs is 2. The lowest BCUT2D eigenvalue weighted by molar-refractivity contribution is 0.0643. The van der Waals surface area contributed by atoms with Gasteiger partial charge in [-0.2, -0.15) is 5.10 Å². The zero-order chi connectivity index (χ0) is 21.7. The third-order valence-electron chi connectivity index (χ3n) is 5.50. The predicted octanol–water partition coefficient (Wildman–Crippen LogP) is 1.92. The summed E-state index contributed by atoms with van der Waals surface area (Å²) in [5.41, 5.74) is 3.11. The summed E-state index contributed by atoms with van der Waals surface area (Å²) in [4.78, 5) is 32.0. The lowest BCUT2D eigenvalue weighted by Gasteiger charge is -2.32. The highest BCUT2D eigenvalue weighted by molar-refractivity contribution is 5.90. The smallest absolute Gasteiger partial charge is 0.312 e. The molecule has 0 saturated carbocycles. The van der Waals surface area contributed by atoms with Crippen molar-refractivity contribution in [2.45, 2.75) is 12.5 Å². The normalized spacial score (nSPS) is 15.8. The number of carbonyl (C=O) groups is 1. The molecule has 158 valence electrons. The van der Waals surface area contributed by atoms with Crippen molar-refractivity contribution in [2.24, 2.45) is 7.05 Å². The molecule has 6 rings (SSSR count). The van der Waals surface area contributed by atoms with Crippen LogP contribution in [-0.4, -0.2) is 57.3 Å². The molecule has 0 unspecified atom stereocenters. The summed E-state index contributed by atoms with van der Waals surface area (Å²) >= 11 is 0. The number of amides is 1. The number of aryl methyl sites for hydroxylation is 1. The van der Waals surface area contributed by atoms with Crippen LogP contribution >= 0.6 is 0 Å². The molecular formula is C21H17N9O2. The Balaban J connectivity index is 1.40. The van der Waals surface area contributed by atoms with Crippen molar-refractivity contribution in [2.75, 3.05) is 6.54 Å². The van der Waals surface area contributed by atoms with Gasteiger partial charge in [0.05, 0.1) is 29.3 Å². The summed E-state index contributed by atoms with van der Waals surface area (Å²) in [7, 11) is 1.79. The van der Waals surface area contributed by atoms with Crippen molar-refractivity contribution >= 4 is 16.8 Å². The average Bonchev–Trinajstić information content (AvgIpc) is 3.58. The van der Waals surface area contributed by atoms with Crippen LogP contribution in [0.15, 0.2) is 53.6 Å². The Morgan fingerprint density at radius 1 is 1.19 bits per heavy atom. The molecule has 1 aliphatic rings. The fourth-order valence-electron chi connectivity index (χ4n) is 3.96. The van der Waals surface area contributed by atoms with Crippen molar-refractivity contribution in [3.63, 3.8) is 0 Å². The number of aromatic nitrogens is 8. The van der Waals surface area contributed by atoms with Crippen LogP contribution in [0.4, 0.5) is 0 Å². The molecule has 0 aliphatic carbocycles. The highest BCUT2D eigenvalue weighted by Crippen LogP contribution is 2.33. The van der Waals surface area contributed by atoms with Crippen molar-refractivity contribution in [1.82, 2.24) is 44.8 Å². The van der Waals surface area contributed by atoms with E-state index in [1.165, 1.54) is 0 Å². The van der Waals surface area contributed by atoms with Gasteiger partial charge in [0, 0.05) is 43.5 Å². The zero-order valence-corrected chi connectivity index (χ0v) is 17.0. The fourth-order valence-corrected chi connectivity index (χ4v) is 3.96. The fraction of sp³-hybridized carbons (Fsp3) is 0.190. The molecule has 1 aromatic carbocycles. The number of imidazole rings is 1. The maximum atomic E-state index is 13.4. The largest absolute Gasteiger partial charge is 0.412 e. The summed E-state index contributed by atoms with van der Waals surface area (Å²) in [5.74, 6) is 0.214. The average molecular weight is 427 g/mol. The molecule has 0 bridgehead atoms. The minimum Gasteiger partial charge on any atom is -0.412 e. The number of rotatable bonds is 3. The number of H-pyrrole nitrogens is 1. The summed E-state index contributed by atoms with van der Waals surface area (Å²) in [5, 5.41) is 13.0. The van der Waals surface area contributed by atoms with E-state index < -0.39 is 11.9 Å². The maximum Gasteiger partial charge on any atom is 0.312 e. The first kappa shape index (κ1) is 18.4. The number of hydrogen-bond acceptors (Lipinski definition) is 8. The van der Waals surface area contributed by atoms with Crippen molar-refractivity contribution in [3.05, 3.63) is 72.3 Å². The first-order chi connectivity index (χ1) is 15.7. The van der Waals surface area contributed by atoms with E-state index in [0.29, 0.717) is 30.0 Å². The molecule has 1 aliphatic heterocycles. The van der Waals surface area contributed by atoms with Gasteiger partial charge in [-0.25, -0.2) is 15.0 Å². The summed E-state index contributed by atoms with van der Waals surface area (Å²) in [6, 6.07) is 7.14. The molecule has 11 heteroatoms. The second-order valence-corrected chi connectivity index (χ2v) is 7.52. The van der Waals surface area contributed by atoms with E-state index in [2.05, 4.69) is 30.2 Å². The van der Waals surface area contributed by atoms with E-state index in [1.807, 2.05) is 24.3 Å². The van der Waals surface area contributed by atoms with Crippen molar-refractivity contribution in [1.29, 1.82) is 0 Å². The summed E-state index contributed by atoms with van der Waals surface area (Å²) < 4.78 is 7.31. The predicted molar refractivity (Wildman–Crippen MR) is 111 cm³/mol. The molecule has 0 fully saturated rings. The summed E-state index contributed by atoms with van der Waals surface area (Å²) in [6.45, 7) is 0.430. The van der Waals surface area contributed by atoms with Crippen LogP contribution < -0.4 is 0 Å². The van der Waals surface area contributed by atoms with E-state index in [0.717, 1.165) is 16.6 Å². The number of aromatic amines is 1. The number of nitrogens with one attached hydrogen (secondary N) is 1. The molecule has 0 spiro atoms. The van der Waals surface area contributed by atoms with Gasteiger partial charge >= 0.3 is 11.8 Å². The topological polar surface area (TPSA) is 132 Å². The summed E-state index contributed by atoms with van der Waals surface area (Å²) in [6.07, 6.45) is 7.35. The molecule has 5 heterocycles. The third-order valence-corrected chi connectivity index (χ3v) is 5.50. The Hall–Kier alpha value is -4.41. The van der Waals surface area contributed by atoms with E-state index in [9.17, 15) is 4.79 Å². The first-order valence-electron chi connectivity index (χ1n) is 10.0. The van der Waals surface area contributed by atoms with E-state index >= 15 is 0 Å². The Kier molecular flexibility index (Phi) is 4.06. The van der Waals surface area contributed by atoms with Crippen LogP contribution in [0.2, 0.25) is 0 Å². The van der Waals surface area contributed by atoms with E-state index in [-0.39, 0.29) is 11.8 Å². The van der Waals surface area contributed by atoms with Gasteiger partial charge in [-0.1, -0.05) is 18.2 Å². The Morgan fingerprint density at radius 3 is 2.97 bits per heavy atom. The first-order valence-corrected chi connectivity index (χ1v) is 10.0. The number of carbonyl (C=O) groups excluding carboxylic acids is 1. The molecular weight excluding hydrogens is 410 g/mol. The van der Waals surface area contributed by atoms with Crippen LogP contribution in [-0.2, 0) is 13.5 Å². The van der Waals surface area contributed by atoms with Crippen LogP contribution in [0.25, 0.3) is 22.4 Å². The maximum absolute atomic E-state index is 13.4. The lowest BCUT2D eigenvalue weighted by atomic mass is 10.0. The minimum atomic E-state index is -0.573. The molecule has 0 radical (unpaired) electrons. The monoisotopic (exact) mass is 427 g/mol. The molecule has 11 nitrogen and oxygen atoms in total. The highest BCUT2D eigenvalue weighted by atomic mass is 16.4. The van der Waals surface area contributed by atoms with Gasteiger partial charge in [0.15, 0.2) is 5.82 Å². The second-order valence-electron chi connectivity index (χ2n) is 7.52. The van der Waals surface area contributed by atoms with Gasteiger partial charge in [0.2, 0.25) is 0 Å². The quantitative estimate of drug-likeness (QED) is 0.462. The molecule has 1 amide bonds. The molecule has 5 aromatic rings. The Bertz CT molecular complexity index is 1450. The van der Waals surface area contributed by atoms with Crippen LogP contribution in [0, 0.1) is 0 Å². The lowest BCUT2D eigenvalue weighted by Crippen LogP contribution is -2.41. The number of hydrogen-bond donors (Lipinski definition) is 1.